The van der Waals surface area contributed by atoms with Crippen LogP contribution in [0.15, 0.2) is 18.2 Å². The zero-order chi connectivity index (χ0) is 14.2. The van der Waals surface area contributed by atoms with Crippen molar-refractivity contribution < 1.29 is 4.74 Å². The summed E-state index contributed by atoms with van der Waals surface area (Å²) in [5.41, 5.74) is 1.21. The van der Waals surface area contributed by atoms with Crippen molar-refractivity contribution in [2.45, 2.75) is 25.7 Å². The van der Waals surface area contributed by atoms with Crippen LogP contribution in [0.4, 0.5) is 5.82 Å². The van der Waals surface area contributed by atoms with E-state index in [1.807, 2.05) is 6.07 Å². The molecule has 0 radical (unpaired) electrons. The van der Waals surface area contributed by atoms with E-state index in [0.29, 0.717) is 6.61 Å². The van der Waals surface area contributed by atoms with Gasteiger partial charge in [0.05, 0.1) is 6.61 Å². The number of nitrogens with zero attached hydrogens (tertiary/aromatic N) is 2. The molecule has 2 rings (SSSR count). The third-order valence-electron chi connectivity index (χ3n) is 3.99. The minimum absolute atomic E-state index is 0.709. The molecular weight excluding hydrogens is 250 g/mol. The molecule has 1 aromatic rings. The van der Waals surface area contributed by atoms with Gasteiger partial charge in [0.15, 0.2) is 0 Å². The Balaban J connectivity index is 1.86. The quantitative estimate of drug-likeness (QED) is 0.810. The highest BCUT2D eigenvalue weighted by Gasteiger charge is 2.15. The maximum absolute atomic E-state index is 5.04. The summed E-state index contributed by atoms with van der Waals surface area (Å²) in [5, 5.41) is 3.30. The van der Waals surface area contributed by atoms with E-state index >= 15 is 0 Å². The monoisotopic (exact) mass is 277 g/mol. The number of rotatable bonds is 6. The van der Waals surface area contributed by atoms with Gasteiger partial charge in [-0.1, -0.05) is 6.07 Å². The van der Waals surface area contributed by atoms with E-state index in [4.69, 9.17) is 9.72 Å². The molecule has 20 heavy (non-hydrogen) atoms. The van der Waals surface area contributed by atoms with Crippen molar-refractivity contribution in [3.8, 4) is 0 Å². The van der Waals surface area contributed by atoms with Crippen molar-refractivity contribution in [3.63, 3.8) is 0 Å². The molecule has 1 unspecified atom stereocenters. The molecule has 1 aromatic heterocycles. The van der Waals surface area contributed by atoms with Gasteiger partial charge in [-0.25, -0.2) is 4.98 Å². The first-order valence-electron chi connectivity index (χ1n) is 7.65. The second-order valence-electron chi connectivity index (χ2n) is 5.74. The molecular formula is C16H27N3O. The number of aromatic nitrogens is 1. The highest BCUT2D eigenvalue weighted by atomic mass is 16.5. The van der Waals surface area contributed by atoms with E-state index in [0.717, 1.165) is 24.7 Å². The largest absolute Gasteiger partial charge is 0.383 e. The van der Waals surface area contributed by atoms with Gasteiger partial charge in [0.2, 0.25) is 0 Å². The molecule has 1 atom stereocenters. The molecule has 2 heterocycles. The predicted molar refractivity (Wildman–Crippen MR) is 83.1 cm³/mol. The minimum atomic E-state index is 0.709. The summed E-state index contributed by atoms with van der Waals surface area (Å²) in [7, 11) is 3.94. The fraction of sp³-hybridized carbons (Fsp3) is 0.688. The third-order valence-corrected chi connectivity index (χ3v) is 3.99. The molecule has 0 aliphatic carbocycles. The highest BCUT2D eigenvalue weighted by Crippen LogP contribution is 2.21. The standard InChI is InChI=1S/C16H27N3O/c1-19-10-4-5-14(8-11-19)13-15-6-3-7-16(18-15)17-9-12-20-2/h3,6-7,14H,4-5,8-13H2,1-2H3,(H,17,18). The van der Waals surface area contributed by atoms with Gasteiger partial charge in [-0.2, -0.15) is 0 Å². The van der Waals surface area contributed by atoms with Crippen LogP contribution in [0.25, 0.3) is 0 Å². The molecule has 0 spiro atoms. The summed E-state index contributed by atoms with van der Waals surface area (Å²) in [6, 6.07) is 6.27. The Morgan fingerprint density at radius 2 is 2.25 bits per heavy atom. The Morgan fingerprint density at radius 3 is 3.10 bits per heavy atom. The van der Waals surface area contributed by atoms with Gasteiger partial charge >= 0.3 is 0 Å². The third kappa shape index (κ3) is 5.10. The van der Waals surface area contributed by atoms with Crippen LogP contribution in [0.5, 0.6) is 0 Å². The number of hydrogen-bond donors (Lipinski definition) is 1. The van der Waals surface area contributed by atoms with Crippen LogP contribution in [-0.2, 0) is 11.2 Å². The summed E-state index contributed by atoms with van der Waals surface area (Å²) in [4.78, 5) is 7.15. The summed E-state index contributed by atoms with van der Waals surface area (Å²) in [6.45, 7) is 3.97. The molecule has 1 aliphatic rings. The molecule has 0 saturated carbocycles. The van der Waals surface area contributed by atoms with Crippen molar-refractivity contribution >= 4 is 5.82 Å². The molecule has 0 aromatic carbocycles. The number of nitrogens with one attached hydrogen (secondary N) is 1. The smallest absolute Gasteiger partial charge is 0.126 e. The van der Waals surface area contributed by atoms with Gasteiger partial charge in [-0.05, 0) is 63.9 Å². The predicted octanol–water partition coefficient (Wildman–Crippen LogP) is 2.41. The summed E-state index contributed by atoms with van der Waals surface area (Å²) < 4.78 is 5.04. The number of anilines is 1. The zero-order valence-electron chi connectivity index (χ0n) is 12.8. The molecule has 112 valence electrons. The summed E-state index contributed by atoms with van der Waals surface area (Å²) >= 11 is 0. The van der Waals surface area contributed by atoms with Gasteiger partial charge in [0, 0.05) is 19.3 Å². The maximum Gasteiger partial charge on any atom is 0.126 e. The first-order valence-corrected chi connectivity index (χ1v) is 7.65. The number of ether oxygens (including phenoxy) is 1. The lowest BCUT2D eigenvalue weighted by molar-refractivity contribution is 0.210. The van der Waals surface area contributed by atoms with E-state index in [1.54, 1.807) is 7.11 Å². The van der Waals surface area contributed by atoms with Crippen molar-refractivity contribution in [1.29, 1.82) is 0 Å². The van der Waals surface area contributed by atoms with Gasteiger partial charge in [-0.3, -0.25) is 0 Å². The van der Waals surface area contributed by atoms with Gasteiger partial charge < -0.3 is 15.0 Å². The molecule has 0 bridgehead atoms. The molecule has 1 saturated heterocycles. The Bertz CT molecular complexity index is 397. The van der Waals surface area contributed by atoms with Crippen LogP contribution < -0.4 is 5.32 Å². The van der Waals surface area contributed by atoms with Crippen LogP contribution in [0.2, 0.25) is 0 Å². The Labute approximate surface area is 122 Å². The van der Waals surface area contributed by atoms with E-state index in [-0.39, 0.29) is 0 Å². The van der Waals surface area contributed by atoms with Gasteiger partial charge in [-0.15, -0.1) is 0 Å². The van der Waals surface area contributed by atoms with E-state index in [9.17, 15) is 0 Å². The topological polar surface area (TPSA) is 37.4 Å². The molecule has 0 amide bonds. The Kier molecular flexibility index (Phi) is 6.27. The van der Waals surface area contributed by atoms with Crippen LogP contribution in [-0.4, -0.2) is 50.3 Å². The zero-order valence-corrected chi connectivity index (χ0v) is 12.8. The molecule has 4 heteroatoms. The lowest BCUT2D eigenvalue weighted by atomic mass is 9.95. The highest BCUT2D eigenvalue weighted by molar-refractivity contribution is 5.35. The second-order valence-corrected chi connectivity index (χ2v) is 5.74. The molecule has 1 fully saturated rings. The summed E-state index contributed by atoms with van der Waals surface area (Å²) in [6.07, 6.45) is 5.04. The van der Waals surface area contributed by atoms with Gasteiger partial charge in [0.1, 0.15) is 5.82 Å². The fourth-order valence-electron chi connectivity index (χ4n) is 2.78. The van der Waals surface area contributed by atoms with E-state index in [1.165, 1.54) is 38.0 Å². The van der Waals surface area contributed by atoms with Crippen LogP contribution >= 0.6 is 0 Å². The first-order chi connectivity index (χ1) is 9.78. The molecule has 1 aliphatic heterocycles. The number of methoxy groups -OCH3 is 1. The van der Waals surface area contributed by atoms with Crippen molar-refractivity contribution in [2.75, 3.05) is 45.7 Å². The molecule has 4 nitrogen and oxygen atoms in total. The van der Waals surface area contributed by atoms with Crippen molar-refractivity contribution in [2.24, 2.45) is 5.92 Å². The Morgan fingerprint density at radius 1 is 1.35 bits per heavy atom. The fourth-order valence-corrected chi connectivity index (χ4v) is 2.78. The summed E-state index contributed by atoms with van der Waals surface area (Å²) in [5.74, 6) is 1.74. The van der Waals surface area contributed by atoms with Crippen molar-refractivity contribution in [3.05, 3.63) is 23.9 Å². The number of hydrogen-bond acceptors (Lipinski definition) is 4. The van der Waals surface area contributed by atoms with Crippen LogP contribution in [0, 0.1) is 5.92 Å². The average Bonchev–Trinajstić information content (AvgIpc) is 2.65. The lowest BCUT2D eigenvalue weighted by Crippen LogP contribution is -2.19. The average molecular weight is 277 g/mol. The SMILES string of the molecule is COCCNc1cccc(CC2CCCN(C)CC2)n1. The van der Waals surface area contributed by atoms with Crippen LogP contribution in [0.3, 0.4) is 0 Å². The molecule has 1 N–H and O–H groups in total. The maximum atomic E-state index is 5.04. The first kappa shape index (κ1) is 15.3. The van der Waals surface area contributed by atoms with E-state index in [2.05, 4.69) is 29.4 Å². The van der Waals surface area contributed by atoms with Crippen molar-refractivity contribution in [1.82, 2.24) is 9.88 Å². The number of likely N-dealkylation sites (tertiary alicyclic amines) is 1. The number of pyridine rings is 1. The lowest BCUT2D eigenvalue weighted by Gasteiger charge is -2.15. The minimum Gasteiger partial charge on any atom is -0.383 e. The van der Waals surface area contributed by atoms with E-state index < -0.39 is 0 Å². The second kappa shape index (κ2) is 8.22. The normalized spacial score (nSPS) is 20.6. The Hall–Kier alpha value is -1.13. The van der Waals surface area contributed by atoms with Gasteiger partial charge in [0.25, 0.3) is 0 Å². The van der Waals surface area contributed by atoms with Crippen LogP contribution in [0.1, 0.15) is 25.0 Å².